The summed E-state index contributed by atoms with van der Waals surface area (Å²) < 4.78 is 15.4. The van der Waals surface area contributed by atoms with Crippen molar-refractivity contribution in [1.82, 2.24) is 4.57 Å². The number of fused-ring (bicyclic) bond motifs is 1. The molecule has 0 bridgehead atoms. The molecular formula is C17H11BrFNO3. The average molecular weight is 376 g/mol. The van der Waals surface area contributed by atoms with Crippen LogP contribution in [-0.4, -0.2) is 15.6 Å². The topological polar surface area (TPSA) is 59.3 Å². The highest BCUT2D eigenvalue weighted by molar-refractivity contribution is 9.10. The van der Waals surface area contributed by atoms with Crippen LogP contribution in [0.3, 0.4) is 0 Å². The van der Waals surface area contributed by atoms with Crippen molar-refractivity contribution < 1.29 is 14.3 Å². The number of rotatable bonds is 3. The van der Waals surface area contributed by atoms with E-state index in [2.05, 4.69) is 15.9 Å². The van der Waals surface area contributed by atoms with E-state index < -0.39 is 11.4 Å². The second kappa shape index (κ2) is 5.96. The normalized spacial score (nSPS) is 10.9. The van der Waals surface area contributed by atoms with Crippen LogP contribution >= 0.6 is 15.9 Å². The van der Waals surface area contributed by atoms with Gasteiger partial charge in [0.25, 0.3) is 0 Å². The molecule has 0 aliphatic heterocycles. The lowest BCUT2D eigenvalue weighted by atomic mass is 10.1. The van der Waals surface area contributed by atoms with Gasteiger partial charge in [0.15, 0.2) is 0 Å². The average Bonchev–Trinajstić information content (AvgIpc) is 2.52. The number of benzene rings is 2. The maximum absolute atomic E-state index is 13.0. The number of carboxylic acids is 1. The largest absolute Gasteiger partial charge is 0.477 e. The van der Waals surface area contributed by atoms with Crippen molar-refractivity contribution in [3.63, 3.8) is 0 Å². The van der Waals surface area contributed by atoms with Crippen molar-refractivity contribution in [2.75, 3.05) is 0 Å². The molecule has 0 spiro atoms. The summed E-state index contributed by atoms with van der Waals surface area (Å²) in [5.74, 6) is -1.61. The molecule has 4 nitrogen and oxygen atoms in total. The summed E-state index contributed by atoms with van der Waals surface area (Å²) in [6.07, 6.45) is 1.32. The predicted molar refractivity (Wildman–Crippen MR) is 88.4 cm³/mol. The number of aromatic carboxylic acids is 1. The zero-order valence-corrected chi connectivity index (χ0v) is 13.4. The fraction of sp³-hybridized carbons (Fsp3) is 0.0588. The molecule has 0 saturated heterocycles. The summed E-state index contributed by atoms with van der Waals surface area (Å²) >= 11 is 3.29. The molecule has 1 aromatic heterocycles. The highest BCUT2D eigenvalue weighted by Gasteiger charge is 2.15. The van der Waals surface area contributed by atoms with Gasteiger partial charge in [-0.05, 0) is 35.9 Å². The molecule has 0 amide bonds. The smallest absolute Gasteiger partial charge is 0.341 e. The number of carbonyl (C=O) groups is 1. The van der Waals surface area contributed by atoms with E-state index in [-0.39, 0.29) is 11.4 Å². The molecule has 116 valence electrons. The zero-order chi connectivity index (χ0) is 16.6. The van der Waals surface area contributed by atoms with Gasteiger partial charge < -0.3 is 9.67 Å². The first-order chi connectivity index (χ1) is 11.0. The number of halogens is 2. The van der Waals surface area contributed by atoms with Crippen LogP contribution < -0.4 is 5.43 Å². The maximum Gasteiger partial charge on any atom is 0.341 e. The molecule has 3 rings (SSSR count). The van der Waals surface area contributed by atoms with Crippen LogP contribution in [0.2, 0.25) is 0 Å². The summed E-state index contributed by atoms with van der Waals surface area (Å²) in [7, 11) is 0. The van der Waals surface area contributed by atoms with Crippen molar-refractivity contribution in [2.24, 2.45) is 0 Å². The van der Waals surface area contributed by atoms with Gasteiger partial charge in [0, 0.05) is 22.6 Å². The minimum atomic E-state index is -1.27. The highest BCUT2D eigenvalue weighted by Crippen LogP contribution is 2.19. The second-order valence-electron chi connectivity index (χ2n) is 5.09. The fourth-order valence-electron chi connectivity index (χ4n) is 2.44. The van der Waals surface area contributed by atoms with Crippen molar-refractivity contribution in [3.8, 4) is 0 Å². The lowest BCUT2D eigenvalue weighted by Crippen LogP contribution is -2.19. The van der Waals surface area contributed by atoms with E-state index in [1.165, 1.54) is 18.3 Å². The zero-order valence-electron chi connectivity index (χ0n) is 11.8. The summed E-state index contributed by atoms with van der Waals surface area (Å²) in [6, 6.07) is 11.1. The molecule has 0 unspecified atom stereocenters. The van der Waals surface area contributed by atoms with E-state index in [0.717, 1.165) is 5.56 Å². The molecule has 23 heavy (non-hydrogen) atoms. The van der Waals surface area contributed by atoms with Gasteiger partial charge >= 0.3 is 5.97 Å². The van der Waals surface area contributed by atoms with E-state index in [1.807, 2.05) is 0 Å². The summed E-state index contributed by atoms with van der Waals surface area (Å²) in [4.78, 5) is 23.6. The lowest BCUT2D eigenvalue weighted by Gasteiger charge is -2.13. The number of nitrogens with zero attached hydrogens (tertiary/aromatic N) is 1. The molecule has 6 heteroatoms. The first-order valence-corrected chi connectivity index (χ1v) is 7.55. The van der Waals surface area contributed by atoms with E-state index in [1.54, 1.807) is 34.9 Å². The number of carboxylic acid groups (broad SMARTS) is 1. The Morgan fingerprint density at radius 3 is 2.52 bits per heavy atom. The molecular weight excluding hydrogens is 365 g/mol. The van der Waals surface area contributed by atoms with Crippen molar-refractivity contribution in [3.05, 3.63) is 80.3 Å². The minimum Gasteiger partial charge on any atom is -0.477 e. The number of hydrogen-bond acceptors (Lipinski definition) is 2. The molecule has 0 fully saturated rings. The van der Waals surface area contributed by atoms with Gasteiger partial charge in [-0.3, -0.25) is 4.79 Å². The quantitative estimate of drug-likeness (QED) is 0.759. The van der Waals surface area contributed by atoms with Crippen molar-refractivity contribution in [1.29, 1.82) is 0 Å². The Kier molecular flexibility index (Phi) is 4.00. The second-order valence-corrected chi connectivity index (χ2v) is 6.01. The van der Waals surface area contributed by atoms with Crippen LogP contribution in [0, 0.1) is 5.82 Å². The Balaban J connectivity index is 2.22. The Morgan fingerprint density at radius 1 is 1.17 bits per heavy atom. The number of aromatic nitrogens is 1. The fourth-order valence-corrected chi connectivity index (χ4v) is 2.80. The van der Waals surface area contributed by atoms with Crippen molar-refractivity contribution >= 4 is 32.8 Å². The number of pyridine rings is 1. The molecule has 0 saturated carbocycles. The number of hydrogen-bond donors (Lipinski definition) is 1. The summed E-state index contributed by atoms with van der Waals surface area (Å²) in [6.45, 7) is 0.332. The highest BCUT2D eigenvalue weighted by atomic mass is 79.9. The van der Waals surface area contributed by atoms with Gasteiger partial charge in [-0.25, -0.2) is 9.18 Å². The minimum absolute atomic E-state index is 0.294. The molecule has 3 aromatic rings. The van der Waals surface area contributed by atoms with Crippen LogP contribution in [-0.2, 0) is 6.54 Å². The SMILES string of the molecule is O=C(O)c1cn(Cc2ccc(F)cc2)c2ccc(Br)cc2c1=O. The van der Waals surface area contributed by atoms with Crippen molar-refractivity contribution in [2.45, 2.75) is 6.54 Å². The van der Waals surface area contributed by atoms with Gasteiger partial charge in [-0.15, -0.1) is 0 Å². The summed E-state index contributed by atoms with van der Waals surface area (Å²) in [5, 5.41) is 9.57. The molecule has 0 atom stereocenters. The van der Waals surface area contributed by atoms with E-state index >= 15 is 0 Å². The third-order valence-corrected chi connectivity index (χ3v) is 4.03. The lowest BCUT2D eigenvalue weighted by molar-refractivity contribution is 0.0695. The first kappa shape index (κ1) is 15.4. The van der Waals surface area contributed by atoms with Gasteiger partial charge in [0.05, 0.1) is 5.52 Å². The third-order valence-electron chi connectivity index (χ3n) is 3.54. The van der Waals surface area contributed by atoms with Gasteiger partial charge in [-0.2, -0.15) is 0 Å². The summed E-state index contributed by atoms with van der Waals surface area (Å²) in [5.41, 5.74) is 0.602. The monoisotopic (exact) mass is 375 g/mol. The van der Waals surface area contributed by atoms with Crippen LogP contribution in [0.5, 0.6) is 0 Å². The van der Waals surface area contributed by atoms with Crippen LogP contribution in [0.25, 0.3) is 10.9 Å². The molecule has 1 heterocycles. The molecule has 1 N–H and O–H groups in total. The van der Waals surface area contributed by atoms with Crippen LogP contribution in [0.15, 0.2) is 57.9 Å². The van der Waals surface area contributed by atoms with E-state index in [0.29, 0.717) is 21.9 Å². The van der Waals surface area contributed by atoms with Gasteiger partial charge in [0.2, 0.25) is 5.43 Å². The maximum atomic E-state index is 13.0. The van der Waals surface area contributed by atoms with Crippen LogP contribution in [0.1, 0.15) is 15.9 Å². The Bertz CT molecular complexity index is 964. The first-order valence-electron chi connectivity index (χ1n) is 6.76. The van der Waals surface area contributed by atoms with E-state index in [4.69, 9.17) is 0 Å². The Morgan fingerprint density at radius 2 is 1.87 bits per heavy atom. The molecule has 0 aliphatic rings. The Hall–Kier alpha value is -2.47. The van der Waals surface area contributed by atoms with Gasteiger partial charge in [0.1, 0.15) is 11.4 Å². The standard InChI is InChI=1S/C17H11BrFNO3/c18-11-3-6-15-13(7-11)16(21)14(17(22)23)9-20(15)8-10-1-4-12(19)5-2-10/h1-7,9H,8H2,(H,22,23). The molecule has 0 radical (unpaired) electrons. The van der Waals surface area contributed by atoms with Gasteiger partial charge in [-0.1, -0.05) is 28.1 Å². The predicted octanol–water partition coefficient (Wildman–Crippen LogP) is 3.65. The molecule has 0 aliphatic carbocycles. The third kappa shape index (κ3) is 3.03. The van der Waals surface area contributed by atoms with Crippen LogP contribution in [0.4, 0.5) is 4.39 Å². The Labute approximate surface area is 138 Å². The van der Waals surface area contributed by atoms with E-state index in [9.17, 15) is 19.1 Å². The molecule has 2 aromatic carbocycles.